The predicted molar refractivity (Wildman–Crippen MR) is 74.8 cm³/mol. The van der Waals surface area contributed by atoms with Crippen molar-refractivity contribution in [2.24, 2.45) is 0 Å². The zero-order valence-corrected chi connectivity index (χ0v) is 10.7. The third kappa shape index (κ3) is 3.78. The van der Waals surface area contributed by atoms with Crippen molar-refractivity contribution in [2.75, 3.05) is 0 Å². The van der Waals surface area contributed by atoms with E-state index >= 15 is 0 Å². The maximum Gasteiger partial charge on any atom is 0.331 e. The fraction of sp³-hybridized carbons (Fsp3) is 0.125. The molecule has 1 heterocycles. The Morgan fingerprint density at radius 2 is 1.95 bits per heavy atom. The number of nitrogens with zero attached hydrogens (tertiary/aromatic N) is 1. The van der Waals surface area contributed by atoms with Crippen molar-refractivity contribution in [3.63, 3.8) is 0 Å². The molecule has 0 unspecified atom stereocenters. The Kier molecular flexibility index (Phi) is 4.08. The van der Waals surface area contributed by atoms with Gasteiger partial charge in [-0.1, -0.05) is 24.3 Å². The van der Waals surface area contributed by atoms with E-state index < -0.39 is 5.97 Å². The Labute approximate surface area is 112 Å². The molecule has 0 saturated carbocycles. The Balaban J connectivity index is 2.20. The molecule has 0 aliphatic rings. The van der Waals surface area contributed by atoms with E-state index in [0.717, 1.165) is 17.5 Å². The van der Waals surface area contributed by atoms with Gasteiger partial charge in [0.25, 0.3) is 0 Å². The average Bonchev–Trinajstić information content (AvgIpc) is 2.40. The number of aromatic nitrogens is 1. The summed E-state index contributed by atoms with van der Waals surface area (Å²) in [5, 5.41) is 8.87. The molecule has 0 radical (unpaired) electrons. The van der Waals surface area contributed by atoms with E-state index in [1.54, 1.807) is 25.4 Å². The molecule has 19 heavy (non-hydrogen) atoms. The SMILES string of the molecule is CC(=Cc1cccc(Cc2ccncc2)c1)C(=O)O. The highest BCUT2D eigenvalue weighted by Gasteiger charge is 2.01. The minimum absolute atomic E-state index is 0.334. The summed E-state index contributed by atoms with van der Waals surface area (Å²) in [4.78, 5) is 14.8. The number of rotatable bonds is 4. The second-order valence-electron chi connectivity index (χ2n) is 4.41. The highest BCUT2D eigenvalue weighted by atomic mass is 16.4. The lowest BCUT2D eigenvalue weighted by Crippen LogP contribution is -1.95. The molecule has 2 aromatic rings. The van der Waals surface area contributed by atoms with Crippen LogP contribution in [0.3, 0.4) is 0 Å². The van der Waals surface area contributed by atoms with Gasteiger partial charge in [-0.2, -0.15) is 0 Å². The largest absolute Gasteiger partial charge is 0.478 e. The van der Waals surface area contributed by atoms with Crippen LogP contribution in [0.2, 0.25) is 0 Å². The van der Waals surface area contributed by atoms with Crippen molar-refractivity contribution < 1.29 is 9.90 Å². The van der Waals surface area contributed by atoms with Gasteiger partial charge < -0.3 is 5.11 Å². The molecule has 1 aromatic heterocycles. The topological polar surface area (TPSA) is 50.2 Å². The molecule has 1 N–H and O–H groups in total. The normalized spacial score (nSPS) is 11.3. The van der Waals surface area contributed by atoms with Gasteiger partial charge >= 0.3 is 5.97 Å². The number of carboxylic acid groups (broad SMARTS) is 1. The lowest BCUT2D eigenvalue weighted by atomic mass is 10.0. The number of pyridine rings is 1. The van der Waals surface area contributed by atoms with Gasteiger partial charge in [0.2, 0.25) is 0 Å². The molecule has 1 aromatic carbocycles. The van der Waals surface area contributed by atoms with E-state index in [-0.39, 0.29) is 0 Å². The number of carboxylic acids is 1. The van der Waals surface area contributed by atoms with Crippen LogP contribution < -0.4 is 0 Å². The molecular weight excluding hydrogens is 238 g/mol. The number of carbonyl (C=O) groups is 1. The molecule has 0 aliphatic carbocycles. The molecule has 0 atom stereocenters. The summed E-state index contributed by atoms with van der Waals surface area (Å²) >= 11 is 0. The molecule has 0 fully saturated rings. The van der Waals surface area contributed by atoms with Crippen molar-refractivity contribution in [2.45, 2.75) is 13.3 Å². The smallest absolute Gasteiger partial charge is 0.331 e. The Morgan fingerprint density at radius 1 is 1.21 bits per heavy atom. The van der Waals surface area contributed by atoms with Crippen LogP contribution in [0.15, 0.2) is 54.4 Å². The van der Waals surface area contributed by atoms with Crippen LogP contribution in [-0.4, -0.2) is 16.1 Å². The van der Waals surface area contributed by atoms with E-state index in [4.69, 9.17) is 5.11 Å². The van der Waals surface area contributed by atoms with Crippen molar-refractivity contribution in [1.82, 2.24) is 4.98 Å². The number of hydrogen-bond acceptors (Lipinski definition) is 2. The summed E-state index contributed by atoms with van der Waals surface area (Å²) in [6, 6.07) is 11.8. The molecule has 0 aliphatic heterocycles. The average molecular weight is 253 g/mol. The van der Waals surface area contributed by atoms with Gasteiger partial charge in [0.1, 0.15) is 0 Å². The molecule has 3 heteroatoms. The van der Waals surface area contributed by atoms with Crippen LogP contribution in [0.5, 0.6) is 0 Å². The van der Waals surface area contributed by atoms with Crippen molar-refractivity contribution in [3.8, 4) is 0 Å². The third-order valence-corrected chi connectivity index (χ3v) is 2.83. The zero-order valence-electron chi connectivity index (χ0n) is 10.7. The van der Waals surface area contributed by atoms with Crippen LogP contribution in [-0.2, 0) is 11.2 Å². The predicted octanol–water partition coefficient (Wildman–Crippen LogP) is 3.16. The lowest BCUT2D eigenvalue weighted by molar-refractivity contribution is -0.132. The van der Waals surface area contributed by atoms with Gasteiger partial charge in [-0.3, -0.25) is 4.98 Å². The molecular formula is C16H15NO2. The van der Waals surface area contributed by atoms with Crippen LogP contribution in [0, 0.1) is 0 Å². The van der Waals surface area contributed by atoms with Gasteiger partial charge in [-0.15, -0.1) is 0 Å². The third-order valence-electron chi connectivity index (χ3n) is 2.83. The quantitative estimate of drug-likeness (QED) is 0.851. The minimum Gasteiger partial charge on any atom is -0.478 e. The monoisotopic (exact) mass is 253 g/mol. The van der Waals surface area contributed by atoms with E-state index in [1.165, 1.54) is 5.56 Å². The molecule has 0 bridgehead atoms. The second kappa shape index (κ2) is 5.96. The van der Waals surface area contributed by atoms with E-state index in [0.29, 0.717) is 5.57 Å². The fourth-order valence-corrected chi connectivity index (χ4v) is 1.84. The first-order valence-corrected chi connectivity index (χ1v) is 6.04. The minimum atomic E-state index is -0.889. The van der Waals surface area contributed by atoms with Crippen LogP contribution in [0.25, 0.3) is 6.08 Å². The summed E-state index contributed by atoms with van der Waals surface area (Å²) in [7, 11) is 0. The van der Waals surface area contributed by atoms with Gasteiger partial charge in [0.15, 0.2) is 0 Å². The zero-order chi connectivity index (χ0) is 13.7. The molecule has 96 valence electrons. The summed E-state index contributed by atoms with van der Waals surface area (Å²) < 4.78 is 0. The van der Waals surface area contributed by atoms with Crippen LogP contribution in [0.1, 0.15) is 23.6 Å². The Bertz CT molecular complexity index is 603. The summed E-state index contributed by atoms with van der Waals surface area (Å²) in [5.41, 5.74) is 3.58. The first-order valence-electron chi connectivity index (χ1n) is 6.04. The Hall–Kier alpha value is -2.42. The van der Waals surface area contributed by atoms with Crippen molar-refractivity contribution in [3.05, 3.63) is 71.1 Å². The van der Waals surface area contributed by atoms with Gasteiger partial charge in [-0.05, 0) is 48.2 Å². The fourth-order valence-electron chi connectivity index (χ4n) is 1.84. The van der Waals surface area contributed by atoms with Crippen LogP contribution in [0.4, 0.5) is 0 Å². The highest BCUT2D eigenvalue weighted by molar-refractivity contribution is 5.91. The maximum absolute atomic E-state index is 10.8. The van der Waals surface area contributed by atoms with Crippen molar-refractivity contribution >= 4 is 12.0 Å². The summed E-state index contributed by atoms with van der Waals surface area (Å²) in [6.45, 7) is 1.60. The van der Waals surface area contributed by atoms with E-state index in [1.807, 2.05) is 36.4 Å². The highest BCUT2D eigenvalue weighted by Crippen LogP contribution is 2.13. The lowest BCUT2D eigenvalue weighted by Gasteiger charge is -2.03. The standard InChI is InChI=1S/C16H15NO2/c1-12(16(18)19)9-14-3-2-4-15(11-14)10-13-5-7-17-8-6-13/h2-9,11H,10H2,1H3,(H,18,19). The molecule has 0 saturated heterocycles. The van der Waals surface area contributed by atoms with Gasteiger partial charge in [0, 0.05) is 18.0 Å². The molecule has 0 spiro atoms. The second-order valence-corrected chi connectivity index (χ2v) is 4.41. The van der Waals surface area contributed by atoms with Crippen molar-refractivity contribution in [1.29, 1.82) is 0 Å². The summed E-state index contributed by atoms with van der Waals surface area (Å²) in [5.74, 6) is -0.889. The van der Waals surface area contributed by atoms with Gasteiger partial charge in [0.05, 0.1) is 0 Å². The number of benzene rings is 1. The van der Waals surface area contributed by atoms with Gasteiger partial charge in [-0.25, -0.2) is 4.79 Å². The summed E-state index contributed by atoms with van der Waals surface area (Å²) in [6.07, 6.45) is 6.04. The molecule has 2 rings (SSSR count). The number of hydrogen-bond donors (Lipinski definition) is 1. The first kappa shape index (κ1) is 13.0. The Morgan fingerprint density at radius 3 is 2.63 bits per heavy atom. The number of aliphatic carboxylic acids is 1. The maximum atomic E-state index is 10.8. The molecule has 3 nitrogen and oxygen atoms in total. The van der Waals surface area contributed by atoms with E-state index in [9.17, 15) is 4.79 Å². The van der Waals surface area contributed by atoms with Crippen LogP contribution >= 0.6 is 0 Å². The molecule has 0 amide bonds. The van der Waals surface area contributed by atoms with E-state index in [2.05, 4.69) is 4.98 Å². The first-order chi connectivity index (χ1) is 9.15.